The molecular weight excluding hydrogens is 290 g/mol. The molecule has 2 heterocycles. The number of carbonyl (C=O) groups is 1. The molecule has 0 spiro atoms. The van der Waals surface area contributed by atoms with Gasteiger partial charge in [-0.15, -0.1) is 0 Å². The molecule has 0 bridgehead atoms. The number of ether oxygens (including phenoxy) is 1. The van der Waals surface area contributed by atoms with Gasteiger partial charge in [-0.1, -0.05) is 0 Å². The van der Waals surface area contributed by atoms with Gasteiger partial charge in [0.15, 0.2) is 22.0 Å². The van der Waals surface area contributed by atoms with Gasteiger partial charge in [0.1, 0.15) is 0 Å². The van der Waals surface area contributed by atoms with Crippen LogP contribution in [0, 0.1) is 6.92 Å². The van der Waals surface area contributed by atoms with Gasteiger partial charge < -0.3 is 13.6 Å². The average molecular weight is 300 g/mol. The molecule has 0 saturated carbocycles. The number of furan rings is 1. The highest BCUT2D eigenvalue weighted by atomic mass is 79.9. The van der Waals surface area contributed by atoms with Crippen LogP contribution in [0.25, 0.3) is 11.5 Å². The van der Waals surface area contributed by atoms with E-state index in [4.69, 9.17) is 13.6 Å². The maximum Gasteiger partial charge on any atom is 0.361 e. The molecule has 0 aromatic carbocycles. The molecule has 17 heavy (non-hydrogen) atoms. The third kappa shape index (κ3) is 2.41. The van der Waals surface area contributed by atoms with Crippen LogP contribution in [0.5, 0.6) is 0 Å². The quantitative estimate of drug-likeness (QED) is 0.814. The number of oxazole rings is 1. The van der Waals surface area contributed by atoms with Gasteiger partial charge in [-0.25, -0.2) is 9.78 Å². The Morgan fingerprint density at radius 2 is 2.24 bits per heavy atom. The van der Waals surface area contributed by atoms with Gasteiger partial charge in [-0.2, -0.15) is 0 Å². The first-order valence-electron chi connectivity index (χ1n) is 5.02. The molecule has 2 aromatic rings. The molecule has 0 amide bonds. The minimum absolute atomic E-state index is 0.131. The van der Waals surface area contributed by atoms with Crippen molar-refractivity contribution in [2.24, 2.45) is 0 Å². The minimum atomic E-state index is -0.521. The fraction of sp³-hybridized carbons (Fsp3) is 0.273. The van der Waals surface area contributed by atoms with Crippen LogP contribution in [0.1, 0.15) is 23.3 Å². The fourth-order valence-electron chi connectivity index (χ4n) is 1.37. The van der Waals surface area contributed by atoms with Crippen LogP contribution in [-0.2, 0) is 4.74 Å². The second-order valence-electron chi connectivity index (χ2n) is 3.23. The SMILES string of the molecule is CCOC(=O)c1nc(C)oc1-c1ccc(Br)o1. The Morgan fingerprint density at radius 1 is 1.47 bits per heavy atom. The molecule has 0 unspecified atom stereocenters. The van der Waals surface area contributed by atoms with Crippen LogP contribution in [0.4, 0.5) is 0 Å². The monoisotopic (exact) mass is 299 g/mol. The molecule has 5 nitrogen and oxygen atoms in total. The van der Waals surface area contributed by atoms with Gasteiger partial charge in [0, 0.05) is 6.92 Å². The third-order valence-corrected chi connectivity index (χ3v) is 2.43. The molecule has 0 aliphatic rings. The van der Waals surface area contributed by atoms with E-state index in [1.807, 2.05) is 0 Å². The van der Waals surface area contributed by atoms with Crippen molar-refractivity contribution in [1.82, 2.24) is 4.98 Å². The normalized spacial score (nSPS) is 10.5. The Hall–Kier alpha value is -1.56. The lowest BCUT2D eigenvalue weighted by Gasteiger charge is -1.98. The number of aromatic nitrogens is 1. The van der Waals surface area contributed by atoms with Crippen LogP contribution in [-0.4, -0.2) is 17.6 Å². The summed E-state index contributed by atoms with van der Waals surface area (Å²) in [5.41, 5.74) is 0.131. The first-order chi connectivity index (χ1) is 8.11. The van der Waals surface area contributed by atoms with Crippen molar-refractivity contribution in [2.45, 2.75) is 13.8 Å². The summed E-state index contributed by atoms with van der Waals surface area (Å²) in [6.07, 6.45) is 0. The van der Waals surface area contributed by atoms with E-state index in [-0.39, 0.29) is 18.1 Å². The highest BCUT2D eigenvalue weighted by Crippen LogP contribution is 2.29. The van der Waals surface area contributed by atoms with Gasteiger partial charge in [0.25, 0.3) is 0 Å². The number of hydrogen-bond acceptors (Lipinski definition) is 5. The molecule has 2 rings (SSSR count). The summed E-state index contributed by atoms with van der Waals surface area (Å²) in [5.74, 6) is 0.578. The predicted molar refractivity (Wildman–Crippen MR) is 62.6 cm³/mol. The van der Waals surface area contributed by atoms with Crippen molar-refractivity contribution in [2.75, 3.05) is 6.61 Å². The molecule has 90 valence electrons. The van der Waals surface area contributed by atoms with Gasteiger partial charge in [-0.3, -0.25) is 0 Å². The molecular formula is C11H10BrNO4. The zero-order chi connectivity index (χ0) is 12.4. The number of hydrogen-bond donors (Lipinski definition) is 0. The maximum atomic E-state index is 11.7. The first-order valence-corrected chi connectivity index (χ1v) is 5.81. The van der Waals surface area contributed by atoms with Crippen LogP contribution in [0.3, 0.4) is 0 Å². The lowest BCUT2D eigenvalue weighted by molar-refractivity contribution is 0.0520. The van der Waals surface area contributed by atoms with Gasteiger partial charge >= 0.3 is 5.97 Å². The summed E-state index contributed by atoms with van der Waals surface area (Å²) in [4.78, 5) is 15.7. The summed E-state index contributed by atoms with van der Waals surface area (Å²) in [7, 11) is 0. The molecule has 0 fully saturated rings. The standard InChI is InChI=1S/C11H10BrNO4/c1-3-15-11(14)9-10(16-6(2)13-9)7-4-5-8(12)17-7/h4-5H,3H2,1-2H3. The van der Waals surface area contributed by atoms with E-state index in [9.17, 15) is 4.79 Å². The lowest BCUT2D eigenvalue weighted by atomic mass is 10.3. The summed E-state index contributed by atoms with van der Waals surface area (Å²) in [6.45, 7) is 3.67. The zero-order valence-corrected chi connectivity index (χ0v) is 10.9. The van der Waals surface area contributed by atoms with E-state index in [0.717, 1.165) is 0 Å². The Bertz CT molecular complexity index is 543. The molecule has 2 aromatic heterocycles. The van der Waals surface area contributed by atoms with E-state index in [1.165, 1.54) is 0 Å². The number of esters is 1. The fourth-order valence-corrected chi connectivity index (χ4v) is 1.67. The summed E-state index contributed by atoms with van der Waals surface area (Å²) < 4.78 is 16.1. The number of aryl methyl sites for hydroxylation is 1. The van der Waals surface area contributed by atoms with Gasteiger partial charge in [-0.05, 0) is 35.0 Å². The molecule has 0 aliphatic carbocycles. The molecule has 0 atom stereocenters. The van der Waals surface area contributed by atoms with Crippen molar-refractivity contribution < 1.29 is 18.4 Å². The number of carbonyl (C=O) groups excluding carboxylic acids is 1. The Morgan fingerprint density at radius 3 is 2.82 bits per heavy atom. The maximum absolute atomic E-state index is 11.7. The Balaban J connectivity index is 2.43. The smallest absolute Gasteiger partial charge is 0.361 e. The van der Waals surface area contributed by atoms with Crippen LogP contribution < -0.4 is 0 Å². The first kappa shape index (κ1) is 11.9. The lowest BCUT2D eigenvalue weighted by Crippen LogP contribution is -2.06. The number of nitrogens with zero attached hydrogens (tertiary/aromatic N) is 1. The van der Waals surface area contributed by atoms with Crippen molar-refractivity contribution in [3.63, 3.8) is 0 Å². The van der Waals surface area contributed by atoms with Crippen molar-refractivity contribution in [3.8, 4) is 11.5 Å². The van der Waals surface area contributed by atoms with E-state index >= 15 is 0 Å². The number of rotatable bonds is 3. The Labute approximate surface area is 106 Å². The largest absolute Gasteiger partial charge is 0.461 e. The predicted octanol–water partition coefficient (Wildman–Crippen LogP) is 3.18. The number of halogens is 1. The van der Waals surface area contributed by atoms with Crippen molar-refractivity contribution in [1.29, 1.82) is 0 Å². The highest BCUT2D eigenvalue weighted by molar-refractivity contribution is 9.10. The molecule has 0 N–H and O–H groups in total. The van der Waals surface area contributed by atoms with Crippen molar-refractivity contribution in [3.05, 3.63) is 28.4 Å². The van der Waals surface area contributed by atoms with E-state index in [0.29, 0.717) is 16.3 Å². The summed E-state index contributed by atoms with van der Waals surface area (Å²) in [6, 6.07) is 3.40. The summed E-state index contributed by atoms with van der Waals surface area (Å²) in [5, 5.41) is 0. The molecule has 0 saturated heterocycles. The molecule has 6 heteroatoms. The summed E-state index contributed by atoms with van der Waals surface area (Å²) >= 11 is 3.18. The van der Waals surface area contributed by atoms with Gasteiger partial charge in [0.2, 0.25) is 5.76 Å². The van der Waals surface area contributed by atoms with Crippen LogP contribution >= 0.6 is 15.9 Å². The van der Waals surface area contributed by atoms with Crippen molar-refractivity contribution >= 4 is 21.9 Å². The van der Waals surface area contributed by atoms with Crippen LogP contribution in [0.2, 0.25) is 0 Å². The second-order valence-corrected chi connectivity index (χ2v) is 4.02. The highest BCUT2D eigenvalue weighted by Gasteiger charge is 2.23. The molecule has 0 aliphatic heterocycles. The van der Waals surface area contributed by atoms with E-state index in [2.05, 4.69) is 20.9 Å². The third-order valence-electron chi connectivity index (χ3n) is 2.00. The topological polar surface area (TPSA) is 65.5 Å². The van der Waals surface area contributed by atoms with Crippen LogP contribution in [0.15, 0.2) is 25.6 Å². The minimum Gasteiger partial charge on any atom is -0.461 e. The zero-order valence-electron chi connectivity index (χ0n) is 9.32. The van der Waals surface area contributed by atoms with E-state index in [1.54, 1.807) is 26.0 Å². The molecule has 0 radical (unpaired) electrons. The average Bonchev–Trinajstić information content (AvgIpc) is 2.84. The van der Waals surface area contributed by atoms with Gasteiger partial charge in [0.05, 0.1) is 6.61 Å². The Kier molecular flexibility index (Phi) is 3.33. The second kappa shape index (κ2) is 4.75. The van der Waals surface area contributed by atoms with E-state index < -0.39 is 5.97 Å².